The number of aromatic hydroxyl groups is 1. The van der Waals surface area contributed by atoms with Crippen molar-refractivity contribution in [1.82, 2.24) is 10.3 Å². The summed E-state index contributed by atoms with van der Waals surface area (Å²) in [5, 5.41) is 23.2. The summed E-state index contributed by atoms with van der Waals surface area (Å²) in [4.78, 5) is 13.8. The molecule has 0 amide bonds. The van der Waals surface area contributed by atoms with Gasteiger partial charge in [-0.1, -0.05) is 24.3 Å². The first-order chi connectivity index (χ1) is 10.1. The van der Waals surface area contributed by atoms with E-state index in [-0.39, 0.29) is 10.6 Å². The monoisotopic (exact) mass is 328 g/mol. The Morgan fingerprint density at radius 3 is 3.00 bits per heavy atom. The molecular formula is C14H20N2O3S2. The van der Waals surface area contributed by atoms with Crippen molar-refractivity contribution in [1.29, 1.82) is 0 Å². The molecule has 5 nitrogen and oxygen atoms in total. The minimum atomic E-state index is -0.698. The van der Waals surface area contributed by atoms with Crippen LogP contribution in [0.4, 0.5) is 0 Å². The van der Waals surface area contributed by atoms with Gasteiger partial charge in [0, 0.05) is 24.4 Å². The van der Waals surface area contributed by atoms with Crippen LogP contribution >= 0.6 is 23.1 Å². The summed E-state index contributed by atoms with van der Waals surface area (Å²) in [6.45, 7) is 3.42. The van der Waals surface area contributed by atoms with Gasteiger partial charge in [0.2, 0.25) is 0 Å². The Morgan fingerprint density at radius 2 is 2.24 bits per heavy atom. The molecule has 7 heteroatoms. The number of aromatic nitrogens is 1. The van der Waals surface area contributed by atoms with Crippen molar-refractivity contribution >= 4 is 33.3 Å². The highest BCUT2D eigenvalue weighted by Gasteiger charge is 2.15. The van der Waals surface area contributed by atoms with E-state index in [4.69, 9.17) is 0 Å². The molecule has 2 rings (SSSR count). The zero-order valence-electron chi connectivity index (χ0n) is 11.9. The molecule has 1 atom stereocenters. The zero-order valence-corrected chi connectivity index (χ0v) is 13.5. The molecule has 0 aliphatic carbocycles. The molecule has 1 aromatic carbocycles. The van der Waals surface area contributed by atoms with Crippen LogP contribution in [0.5, 0.6) is 5.75 Å². The number of phenols is 1. The summed E-state index contributed by atoms with van der Waals surface area (Å²) in [5.41, 5.74) is 1.07. The van der Waals surface area contributed by atoms with Crippen LogP contribution in [0.25, 0.3) is 10.2 Å². The number of aromatic amines is 1. The third-order valence-corrected chi connectivity index (χ3v) is 5.18. The van der Waals surface area contributed by atoms with Crippen LogP contribution in [0, 0.1) is 0 Å². The Balaban J connectivity index is 1.98. The van der Waals surface area contributed by atoms with Crippen LogP contribution in [0.1, 0.15) is 25.0 Å². The Hall–Kier alpha value is -1.02. The molecule has 0 spiro atoms. The third-order valence-electron chi connectivity index (χ3n) is 3.06. The van der Waals surface area contributed by atoms with Crippen LogP contribution in [-0.2, 0) is 0 Å². The molecule has 21 heavy (non-hydrogen) atoms. The number of aliphatic hydroxyl groups excluding tert-OH is 1. The van der Waals surface area contributed by atoms with Gasteiger partial charge in [-0.05, 0) is 18.2 Å². The summed E-state index contributed by atoms with van der Waals surface area (Å²) < 4.78 is 0.620. The van der Waals surface area contributed by atoms with Gasteiger partial charge in [-0.25, -0.2) is 0 Å². The number of hydrogen-bond acceptors (Lipinski definition) is 6. The van der Waals surface area contributed by atoms with Gasteiger partial charge >= 0.3 is 4.87 Å². The van der Waals surface area contributed by atoms with E-state index in [1.807, 2.05) is 11.8 Å². The molecule has 0 bridgehead atoms. The Morgan fingerprint density at radius 1 is 1.43 bits per heavy atom. The van der Waals surface area contributed by atoms with Crippen molar-refractivity contribution in [3.05, 3.63) is 27.4 Å². The van der Waals surface area contributed by atoms with E-state index in [0.29, 0.717) is 22.3 Å². The molecule has 4 N–H and O–H groups in total. The fourth-order valence-corrected chi connectivity index (χ4v) is 3.74. The molecule has 0 aliphatic heterocycles. The lowest BCUT2D eigenvalue weighted by Gasteiger charge is -2.13. The number of nitrogens with one attached hydrogen (secondary N) is 2. The van der Waals surface area contributed by atoms with Gasteiger partial charge < -0.3 is 20.5 Å². The van der Waals surface area contributed by atoms with Gasteiger partial charge in [0.05, 0.1) is 10.8 Å². The Labute approximate surface area is 131 Å². The fraction of sp³-hybridized carbons (Fsp3) is 0.500. The smallest absolute Gasteiger partial charge is 0.305 e. The molecule has 0 unspecified atom stereocenters. The maximum atomic E-state index is 11.4. The number of phenolic OH excluding ortho intramolecular Hbond substituents is 1. The summed E-state index contributed by atoms with van der Waals surface area (Å²) in [7, 11) is 0. The lowest BCUT2D eigenvalue weighted by atomic mass is 10.1. The quantitative estimate of drug-likeness (QED) is 0.557. The first kappa shape index (κ1) is 16.4. The van der Waals surface area contributed by atoms with E-state index in [1.54, 1.807) is 6.07 Å². The summed E-state index contributed by atoms with van der Waals surface area (Å²) in [5.74, 6) is 2.20. The average molecular weight is 328 g/mol. The number of aliphatic hydroxyl groups is 1. The predicted molar refractivity (Wildman–Crippen MR) is 89.6 cm³/mol. The van der Waals surface area contributed by atoms with Gasteiger partial charge in [0.1, 0.15) is 11.3 Å². The molecular weight excluding hydrogens is 308 g/mol. The minimum Gasteiger partial charge on any atom is -0.506 e. The predicted octanol–water partition coefficient (Wildman–Crippen LogP) is 2.06. The standard InChI is InChI=1S/C14H20N2O3S2/c1-2-6-20-7-5-15-8-11(18)9-3-4-10(17)12-13(9)21-14(19)16-12/h3-4,11,15,17-18H,2,5-8H2,1H3,(H,16,19)/t11-/m1/s1. The number of rotatable bonds is 8. The number of thiazole rings is 1. The van der Waals surface area contributed by atoms with Gasteiger partial charge in [-0.2, -0.15) is 11.8 Å². The van der Waals surface area contributed by atoms with E-state index in [9.17, 15) is 15.0 Å². The minimum absolute atomic E-state index is 0.0308. The first-order valence-electron chi connectivity index (χ1n) is 6.94. The molecule has 0 saturated carbocycles. The second-order valence-corrected chi connectivity index (χ2v) is 6.93. The second-order valence-electron chi connectivity index (χ2n) is 4.72. The highest BCUT2D eigenvalue weighted by molar-refractivity contribution is 7.99. The molecule has 0 radical (unpaired) electrons. The Kier molecular flexibility index (Phi) is 6.10. The number of benzene rings is 1. The second kappa shape index (κ2) is 7.84. The first-order valence-corrected chi connectivity index (χ1v) is 8.91. The topological polar surface area (TPSA) is 85.3 Å². The maximum absolute atomic E-state index is 11.4. The van der Waals surface area contributed by atoms with Crippen molar-refractivity contribution in [3.8, 4) is 5.75 Å². The average Bonchev–Trinajstić information content (AvgIpc) is 2.85. The van der Waals surface area contributed by atoms with Crippen molar-refractivity contribution in [2.75, 3.05) is 24.6 Å². The number of H-pyrrole nitrogens is 1. The van der Waals surface area contributed by atoms with Crippen molar-refractivity contribution in [3.63, 3.8) is 0 Å². The molecule has 0 aliphatic rings. The zero-order chi connectivity index (χ0) is 15.2. The normalized spacial score (nSPS) is 12.9. The summed E-state index contributed by atoms with van der Waals surface area (Å²) in [6, 6.07) is 3.17. The van der Waals surface area contributed by atoms with Crippen LogP contribution in [-0.4, -0.2) is 39.8 Å². The van der Waals surface area contributed by atoms with E-state index in [0.717, 1.165) is 29.4 Å². The van der Waals surface area contributed by atoms with Gasteiger partial charge in [-0.3, -0.25) is 4.79 Å². The molecule has 1 heterocycles. The molecule has 0 saturated heterocycles. The fourth-order valence-electron chi connectivity index (χ4n) is 2.04. The molecule has 1 aromatic heterocycles. The molecule has 0 fully saturated rings. The maximum Gasteiger partial charge on any atom is 0.305 e. The van der Waals surface area contributed by atoms with Crippen LogP contribution < -0.4 is 10.2 Å². The molecule has 2 aromatic rings. The van der Waals surface area contributed by atoms with E-state index in [1.165, 1.54) is 12.5 Å². The van der Waals surface area contributed by atoms with E-state index < -0.39 is 6.10 Å². The number of thioether (sulfide) groups is 1. The third kappa shape index (κ3) is 4.23. The lowest BCUT2D eigenvalue weighted by Crippen LogP contribution is -2.23. The molecule has 116 valence electrons. The highest BCUT2D eigenvalue weighted by Crippen LogP contribution is 2.31. The van der Waals surface area contributed by atoms with Gasteiger partial charge in [0.25, 0.3) is 0 Å². The van der Waals surface area contributed by atoms with E-state index in [2.05, 4.69) is 17.2 Å². The summed E-state index contributed by atoms with van der Waals surface area (Å²) >= 11 is 2.90. The van der Waals surface area contributed by atoms with Crippen LogP contribution in [0.15, 0.2) is 16.9 Å². The van der Waals surface area contributed by atoms with Gasteiger partial charge in [0.15, 0.2) is 0 Å². The Bertz CT molecular complexity index is 639. The summed E-state index contributed by atoms with van der Waals surface area (Å²) in [6.07, 6.45) is 0.473. The SMILES string of the molecule is CCCSCCNC[C@@H](O)c1ccc(O)c2[nH]c(=O)sc12. The van der Waals surface area contributed by atoms with E-state index >= 15 is 0 Å². The highest BCUT2D eigenvalue weighted by atomic mass is 32.2. The lowest BCUT2D eigenvalue weighted by molar-refractivity contribution is 0.177. The van der Waals surface area contributed by atoms with Crippen molar-refractivity contribution in [2.24, 2.45) is 0 Å². The number of hydrogen-bond donors (Lipinski definition) is 4. The van der Waals surface area contributed by atoms with Crippen LogP contribution in [0.2, 0.25) is 0 Å². The largest absolute Gasteiger partial charge is 0.506 e. The van der Waals surface area contributed by atoms with Crippen molar-refractivity contribution < 1.29 is 10.2 Å². The van der Waals surface area contributed by atoms with Crippen molar-refractivity contribution in [2.45, 2.75) is 19.4 Å². The van der Waals surface area contributed by atoms with Crippen LogP contribution in [0.3, 0.4) is 0 Å². The number of fused-ring (bicyclic) bond motifs is 1. The van der Waals surface area contributed by atoms with Gasteiger partial charge in [-0.15, -0.1) is 0 Å².